The van der Waals surface area contributed by atoms with E-state index in [2.05, 4.69) is 6.92 Å². The summed E-state index contributed by atoms with van der Waals surface area (Å²) in [6.45, 7) is 4.30. The fraction of sp³-hybridized carbons (Fsp3) is 0.929. The molecule has 0 heterocycles. The number of hydrogen-bond donors (Lipinski definition) is 1. The number of rotatable bonds is 5. The second kappa shape index (κ2) is 7.00. The Morgan fingerprint density at radius 2 is 1.94 bits per heavy atom. The summed E-state index contributed by atoms with van der Waals surface area (Å²) in [6.07, 6.45) is 7.41. The van der Waals surface area contributed by atoms with Crippen LogP contribution in [0.25, 0.3) is 0 Å². The Labute approximate surface area is 106 Å². The van der Waals surface area contributed by atoms with Crippen LogP contribution in [0.1, 0.15) is 58.8 Å². The Balaban J connectivity index is 2.26. The summed E-state index contributed by atoms with van der Waals surface area (Å²) in [5.41, 5.74) is 5.69. The molecule has 3 heteroatoms. The Hall–Kier alpha value is -0.570. The van der Waals surface area contributed by atoms with Crippen LogP contribution in [0.3, 0.4) is 0 Å². The number of nitrogens with zero attached hydrogens (tertiary/aromatic N) is 1. The van der Waals surface area contributed by atoms with Gasteiger partial charge in [-0.05, 0) is 51.4 Å². The van der Waals surface area contributed by atoms with Gasteiger partial charge < -0.3 is 10.6 Å². The number of hydrogen-bond acceptors (Lipinski definition) is 2. The molecule has 0 radical (unpaired) electrons. The van der Waals surface area contributed by atoms with Crippen molar-refractivity contribution in [1.82, 2.24) is 4.90 Å². The Bertz CT molecular complexity index is 232. The van der Waals surface area contributed by atoms with E-state index in [0.29, 0.717) is 18.4 Å². The molecule has 1 atom stereocenters. The highest BCUT2D eigenvalue weighted by atomic mass is 16.2. The van der Waals surface area contributed by atoms with Crippen molar-refractivity contribution < 1.29 is 4.79 Å². The Kier molecular flexibility index (Phi) is 5.96. The van der Waals surface area contributed by atoms with Crippen LogP contribution in [-0.4, -0.2) is 29.9 Å². The number of amides is 1. The van der Waals surface area contributed by atoms with Crippen molar-refractivity contribution in [2.75, 3.05) is 7.05 Å². The average Bonchev–Trinajstić information content (AvgIpc) is 2.28. The Morgan fingerprint density at radius 3 is 2.47 bits per heavy atom. The molecule has 0 aromatic carbocycles. The lowest BCUT2D eigenvalue weighted by atomic mass is 9.86. The van der Waals surface area contributed by atoms with Crippen molar-refractivity contribution in [2.24, 2.45) is 11.7 Å². The average molecular weight is 240 g/mol. The van der Waals surface area contributed by atoms with Crippen LogP contribution < -0.4 is 5.73 Å². The fourth-order valence-electron chi connectivity index (χ4n) is 2.59. The van der Waals surface area contributed by atoms with E-state index in [4.69, 9.17) is 5.73 Å². The molecular weight excluding hydrogens is 212 g/mol. The van der Waals surface area contributed by atoms with Gasteiger partial charge in [-0.3, -0.25) is 4.79 Å². The zero-order valence-corrected chi connectivity index (χ0v) is 11.6. The van der Waals surface area contributed by atoms with Crippen LogP contribution in [0.5, 0.6) is 0 Å². The van der Waals surface area contributed by atoms with Crippen LogP contribution in [0.4, 0.5) is 0 Å². The molecule has 1 unspecified atom stereocenters. The van der Waals surface area contributed by atoms with Gasteiger partial charge >= 0.3 is 0 Å². The summed E-state index contributed by atoms with van der Waals surface area (Å²) < 4.78 is 0. The predicted molar refractivity (Wildman–Crippen MR) is 71.7 cm³/mol. The summed E-state index contributed by atoms with van der Waals surface area (Å²) in [5.74, 6) is 1.14. The van der Waals surface area contributed by atoms with Gasteiger partial charge in [0.2, 0.25) is 5.91 Å². The van der Waals surface area contributed by atoms with Gasteiger partial charge in [0.25, 0.3) is 0 Å². The maximum Gasteiger partial charge on any atom is 0.222 e. The molecule has 0 aromatic heterocycles. The number of carbonyl (C=O) groups is 1. The maximum absolute atomic E-state index is 12.0. The summed E-state index contributed by atoms with van der Waals surface area (Å²) >= 11 is 0. The van der Waals surface area contributed by atoms with Crippen LogP contribution in [-0.2, 0) is 4.79 Å². The molecule has 1 aliphatic rings. The normalized spacial score (nSPS) is 26.6. The highest BCUT2D eigenvalue weighted by Gasteiger charge is 2.24. The molecular formula is C14H28N2O. The van der Waals surface area contributed by atoms with Gasteiger partial charge in [0.1, 0.15) is 0 Å². The molecule has 3 nitrogen and oxygen atoms in total. The van der Waals surface area contributed by atoms with E-state index in [1.165, 1.54) is 25.7 Å². The van der Waals surface area contributed by atoms with Gasteiger partial charge in [-0.2, -0.15) is 0 Å². The first-order valence-corrected chi connectivity index (χ1v) is 7.02. The first-order chi connectivity index (χ1) is 8.00. The SMILES string of the molecule is CC(N)CCCC(=O)N(C)C1CCC(C)CC1. The minimum Gasteiger partial charge on any atom is -0.343 e. The van der Waals surface area contributed by atoms with Crippen LogP contribution >= 0.6 is 0 Å². The molecule has 100 valence electrons. The largest absolute Gasteiger partial charge is 0.343 e. The summed E-state index contributed by atoms with van der Waals surface area (Å²) in [6, 6.07) is 0.692. The first-order valence-electron chi connectivity index (χ1n) is 7.02. The van der Waals surface area contributed by atoms with Gasteiger partial charge in [-0.25, -0.2) is 0 Å². The lowest BCUT2D eigenvalue weighted by molar-refractivity contribution is -0.132. The predicted octanol–water partition coefficient (Wildman–Crippen LogP) is 2.54. The van der Waals surface area contributed by atoms with E-state index in [-0.39, 0.29) is 6.04 Å². The van der Waals surface area contributed by atoms with E-state index >= 15 is 0 Å². The number of carbonyl (C=O) groups excluding carboxylic acids is 1. The second-order valence-corrected chi connectivity index (χ2v) is 5.79. The standard InChI is InChI=1S/C14H28N2O/c1-11-7-9-13(10-8-11)16(3)14(17)6-4-5-12(2)15/h11-13H,4-10,15H2,1-3H3. The molecule has 17 heavy (non-hydrogen) atoms. The molecule has 1 aliphatic carbocycles. The summed E-state index contributed by atoms with van der Waals surface area (Å²) in [5, 5.41) is 0. The summed E-state index contributed by atoms with van der Waals surface area (Å²) in [4.78, 5) is 14.0. The molecule has 0 aliphatic heterocycles. The minimum absolute atomic E-state index is 0.212. The van der Waals surface area contributed by atoms with Crippen LogP contribution in [0.2, 0.25) is 0 Å². The smallest absolute Gasteiger partial charge is 0.222 e. The fourth-order valence-corrected chi connectivity index (χ4v) is 2.59. The van der Waals surface area contributed by atoms with E-state index in [1.807, 2.05) is 18.9 Å². The first kappa shape index (κ1) is 14.5. The Morgan fingerprint density at radius 1 is 1.35 bits per heavy atom. The lowest BCUT2D eigenvalue weighted by Gasteiger charge is -2.33. The molecule has 0 saturated heterocycles. The van der Waals surface area contributed by atoms with E-state index in [0.717, 1.165) is 18.8 Å². The van der Waals surface area contributed by atoms with E-state index < -0.39 is 0 Å². The molecule has 2 N–H and O–H groups in total. The lowest BCUT2D eigenvalue weighted by Crippen LogP contribution is -2.39. The molecule has 0 bridgehead atoms. The van der Waals surface area contributed by atoms with E-state index in [9.17, 15) is 4.79 Å². The molecule has 0 spiro atoms. The van der Waals surface area contributed by atoms with Crippen molar-refractivity contribution in [1.29, 1.82) is 0 Å². The third kappa shape index (κ3) is 5.07. The topological polar surface area (TPSA) is 46.3 Å². The minimum atomic E-state index is 0.212. The highest BCUT2D eigenvalue weighted by molar-refractivity contribution is 5.76. The van der Waals surface area contributed by atoms with Crippen LogP contribution in [0.15, 0.2) is 0 Å². The number of nitrogens with two attached hydrogens (primary N) is 1. The monoisotopic (exact) mass is 240 g/mol. The molecule has 1 fully saturated rings. The van der Waals surface area contributed by atoms with Crippen LogP contribution in [0, 0.1) is 5.92 Å². The quantitative estimate of drug-likeness (QED) is 0.802. The molecule has 1 rings (SSSR count). The van der Waals surface area contributed by atoms with Gasteiger partial charge in [-0.1, -0.05) is 6.92 Å². The van der Waals surface area contributed by atoms with Gasteiger partial charge in [0, 0.05) is 25.6 Å². The van der Waals surface area contributed by atoms with Crippen molar-refractivity contribution in [3.63, 3.8) is 0 Å². The summed E-state index contributed by atoms with van der Waals surface area (Å²) in [7, 11) is 1.97. The zero-order valence-electron chi connectivity index (χ0n) is 11.6. The molecule has 0 aromatic rings. The second-order valence-electron chi connectivity index (χ2n) is 5.79. The van der Waals surface area contributed by atoms with Crippen molar-refractivity contribution >= 4 is 5.91 Å². The zero-order chi connectivity index (χ0) is 12.8. The van der Waals surface area contributed by atoms with Crippen molar-refractivity contribution in [3.8, 4) is 0 Å². The molecule has 1 amide bonds. The van der Waals surface area contributed by atoms with Gasteiger partial charge in [-0.15, -0.1) is 0 Å². The third-order valence-electron chi connectivity index (χ3n) is 3.98. The van der Waals surface area contributed by atoms with Crippen molar-refractivity contribution in [2.45, 2.75) is 70.9 Å². The van der Waals surface area contributed by atoms with Crippen molar-refractivity contribution in [3.05, 3.63) is 0 Å². The van der Waals surface area contributed by atoms with Gasteiger partial charge in [0.05, 0.1) is 0 Å². The molecule has 1 saturated carbocycles. The van der Waals surface area contributed by atoms with Gasteiger partial charge in [0.15, 0.2) is 0 Å². The maximum atomic E-state index is 12.0. The van der Waals surface area contributed by atoms with E-state index in [1.54, 1.807) is 0 Å². The third-order valence-corrected chi connectivity index (χ3v) is 3.98. The highest BCUT2D eigenvalue weighted by Crippen LogP contribution is 2.26.